The lowest BCUT2D eigenvalue weighted by molar-refractivity contribution is -2.00. The molecule has 4 N–H and O–H groups in total. The lowest BCUT2D eigenvalue weighted by Gasteiger charge is -2.17. The summed E-state index contributed by atoms with van der Waals surface area (Å²) in [5.41, 5.74) is 4.90. The zero-order valence-corrected chi connectivity index (χ0v) is 6.91. The van der Waals surface area contributed by atoms with Gasteiger partial charge in [-0.25, -0.2) is 23.6 Å². The monoisotopic (exact) mass is 211 g/mol. The van der Waals surface area contributed by atoms with Gasteiger partial charge in [0.25, 0.3) is 0 Å². The molecule has 0 atom stereocenters. The first-order valence-electron chi connectivity index (χ1n) is 2.77. The van der Waals surface area contributed by atoms with E-state index in [1.165, 1.54) is 6.20 Å². The number of nitrogen functional groups attached to an aromatic ring is 1. The van der Waals surface area contributed by atoms with Gasteiger partial charge in [-0.05, 0) is 0 Å². The molecule has 1 aromatic heterocycles. The van der Waals surface area contributed by atoms with Crippen molar-refractivity contribution in [1.29, 1.82) is 0 Å². The highest BCUT2D eigenvalue weighted by molar-refractivity contribution is 5.21. The Morgan fingerprint density at radius 1 is 1.38 bits per heavy atom. The molecule has 9 heteroatoms. The molecule has 8 nitrogen and oxygen atoms in total. The SMILES string of the molecule is Nc1cc[nH+]c(=O)[nH]1.[O-][Cl+3]([O-])([O-])[O-]. The van der Waals surface area contributed by atoms with E-state index in [2.05, 4.69) is 9.97 Å². The normalized spacial score (nSPS) is 10.2. The number of rotatable bonds is 0. The van der Waals surface area contributed by atoms with Gasteiger partial charge < -0.3 is 5.73 Å². The molecule has 0 fully saturated rings. The summed E-state index contributed by atoms with van der Waals surface area (Å²) in [5.74, 6) is 0.369. The topological polar surface area (TPSA) is 165 Å². The fraction of sp³-hybridized carbons (Fsp3) is 0. The van der Waals surface area contributed by atoms with Crippen LogP contribution in [0.4, 0.5) is 5.82 Å². The second kappa shape index (κ2) is 4.74. The Labute approximate surface area is 74.0 Å². The molecule has 0 amide bonds. The maximum atomic E-state index is 10.3. The summed E-state index contributed by atoms with van der Waals surface area (Å²) >= 11 is 0. The maximum absolute atomic E-state index is 10.3. The van der Waals surface area contributed by atoms with E-state index in [0.717, 1.165) is 0 Å². The third-order valence-corrected chi connectivity index (χ3v) is 0.735. The smallest absolute Gasteiger partial charge is 0.366 e. The van der Waals surface area contributed by atoms with Gasteiger partial charge in [-0.3, -0.25) is 0 Å². The van der Waals surface area contributed by atoms with E-state index >= 15 is 0 Å². The predicted molar refractivity (Wildman–Crippen MR) is 28.0 cm³/mol. The van der Waals surface area contributed by atoms with Crippen molar-refractivity contribution in [1.82, 2.24) is 4.98 Å². The average Bonchev–Trinajstić information content (AvgIpc) is 1.81. The Morgan fingerprint density at radius 3 is 2.08 bits per heavy atom. The molecular weight excluding hydrogens is 206 g/mol. The van der Waals surface area contributed by atoms with Crippen LogP contribution in [-0.2, 0) is 0 Å². The van der Waals surface area contributed by atoms with Crippen molar-refractivity contribution in [2.24, 2.45) is 0 Å². The van der Waals surface area contributed by atoms with Crippen LogP contribution in [0.3, 0.4) is 0 Å². The second-order valence-electron chi connectivity index (χ2n) is 1.77. The van der Waals surface area contributed by atoms with E-state index in [4.69, 9.17) is 24.4 Å². The summed E-state index contributed by atoms with van der Waals surface area (Å²) in [6.45, 7) is 0. The molecule has 0 unspecified atom stereocenters. The van der Waals surface area contributed by atoms with Crippen molar-refractivity contribution in [3.63, 3.8) is 0 Å². The molecule has 0 radical (unpaired) electrons. The maximum Gasteiger partial charge on any atom is 0.495 e. The summed E-state index contributed by atoms with van der Waals surface area (Å²) < 4.78 is 34.0. The van der Waals surface area contributed by atoms with Crippen molar-refractivity contribution in [2.45, 2.75) is 0 Å². The molecule has 0 spiro atoms. The summed E-state index contributed by atoms with van der Waals surface area (Å²) in [6.07, 6.45) is 1.48. The highest BCUT2D eigenvalue weighted by atomic mass is 35.7. The van der Waals surface area contributed by atoms with E-state index in [1.54, 1.807) is 6.07 Å². The Balaban J connectivity index is 0.000000252. The Bertz CT molecular complexity index is 301. The number of hydrogen-bond donors (Lipinski definition) is 2. The van der Waals surface area contributed by atoms with E-state index in [0.29, 0.717) is 5.82 Å². The third kappa shape index (κ3) is 10.8. The zero-order valence-electron chi connectivity index (χ0n) is 6.15. The first kappa shape index (κ1) is 11.8. The molecular formula is C4H6ClN3O5. The summed E-state index contributed by atoms with van der Waals surface area (Å²) in [6, 6.07) is 1.57. The summed E-state index contributed by atoms with van der Waals surface area (Å²) in [7, 11) is -4.94. The number of nitrogens with one attached hydrogen (secondary N) is 2. The van der Waals surface area contributed by atoms with Gasteiger partial charge in [0.15, 0.2) is 5.82 Å². The van der Waals surface area contributed by atoms with Crippen LogP contribution < -0.4 is 35.0 Å². The molecule has 1 heterocycles. The first-order valence-corrected chi connectivity index (χ1v) is 4.01. The number of hydrogen-bond acceptors (Lipinski definition) is 6. The van der Waals surface area contributed by atoms with Crippen LogP contribution >= 0.6 is 0 Å². The molecule has 0 aliphatic rings. The number of halogens is 1. The highest BCUT2D eigenvalue weighted by Crippen LogP contribution is 1.80. The van der Waals surface area contributed by atoms with Crippen LogP contribution in [-0.4, -0.2) is 4.98 Å². The predicted octanol–water partition coefficient (Wildman–Crippen LogP) is -5.98. The van der Waals surface area contributed by atoms with Gasteiger partial charge in [0.2, 0.25) is 0 Å². The molecule has 0 aliphatic carbocycles. The van der Waals surface area contributed by atoms with Crippen molar-refractivity contribution in [2.75, 3.05) is 5.73 Å². The van der Waals surface area contributed by atoms with Crippen molar-refractivity contribution in [3.05, 3.63) is 22.7 Å². The van der Waals surface area contributed by atoms with Gasteiger partial charge in [-0.15, -0.1) is 10.2 Å². The quantitative estimate of drug-likeness (QED) is 0.433. The summed E-state index contributed by atoms with van der Waals surface area (Å²) in [5, 5.41) is 0. The van der Waals surface area contributed by atoms with Crippen molar-refractivity contribution in [3.8, 4) is 0 Å². The molecule has 0 bridgehead atoms. The molecule has 0 saturated heterocycles. The lowest BCUT2D eigenvalue weighted by Crippen LogP contribution is -2.68. The molecule has 0 aliphatic heterocycles. The second-order valence-corrected chi connectivity index (χ2v) is 2.52. The van der Waals surface area contributed by atoms with Gasteiger partial charge in [-0.2, -0.15) is 9.78 Å². The van der Waals surface area contributed by atoms with Crippen LogP contribution in [0.5, 0.6) is 0 Å². The van der Waals surface area contributed by atoms with Gasteiger partial charge in [0.05, 0.1) is 6.20 Å². The van der Waals surface area contributed by atoms with Crippen molar-refractivity contribution < 1.29 is 33.9 Å². The van der Waals surface area contributed by atoms with Crippen LogP contribution in [0.15, 0.2) is 17.1 Å². The summed E-state index contributed by atoms with van der Waals surface area (Å²) in [4.78, 5) is 15.0. The van der Waals surface area contributed by atoms with E-state index in [9.17, 15) is 4.79 Å². The zero-order chi connectivity index (χ0) is 10.5. The third-order valence-electron chi connectivity index (χ3n) is 0.735. The average molecular weight is 212 g/mol. The van der Waals surface area contributed by atoms with Crippen LogP contribution in [0, 0.1) is 10.2 Å². The number of H-pyrrole nitrogens is 2. The number of aromatic amines is 2. The molecule has 0 aromatic carbocycles. The minimum atomic E-state index is -4.94. The molecule has 0 saturated carbocycles. The Morgan fingerprint density at radius 2 is 1.85 bits per heavy atom. The molecule has 1 aromatic rings. The number of nitrogens with two attached hydrogens (primary N) is 1. The van der Waals surface area contributed by atoms with Gasteiger partial charge in [0.1, 0.15) is 0 Å². The lowest BCUT2D eigenvalue weighted by atomic mass is 10.6. The van der Waals surface area contributed by atoms with Gasteiger partial charge >= 0.3 is 5.69 Å². The van der Waals surface area contributed by atoms with Crippen molar-refractivity contribution >= 4 is 5.82 Å². The fourth-order valence-corrected chi connectivity index (χ4v) is 0.416. The number of anilines is 1. The van der Waals surface area contributed by atoms with Gasteiger partial charge in [-0.1, -0.05) is 0 Å². The van der Waals surface area contributed by atoms with Crippen LogP contribution in [0.1, 0.15) is 0 Å². The molecule has 74 valence electrons. The van der Waals surface area contributed by atoms with E-state index < -0.39 is 10.2 Å². The van der Waals surface area contributed by atoms with E-state index in [-0.39, 0.29) is 5.69 Å². The largest absolute Gasteiger partial charge is 0.495 e. The van der Waals surface area contributed by atoms with E-state index in [1.807, 2.05) is 0 Å². The molecule has 1 rings (SSSR count). The minimum absolute atomic E-state index is 0.287. The van der Waals surface area contributed by atoms with Crippen LogP contribution in [0.25, 0.3) is 0 Å². The Kier molecular flexibility index (Phi) is 4.31. The minimum Gasteiger partial charge on any atom is -0.366 e. The van der Waals surface area contributed by atoms with Crippen LogP contribution in [0.2, 0.25) is 0 Å². The first-order chi connectivity index (χ1) is 5.79. The molecule has 13 heavy (non-hydrogen) atoms. The fourth-order valence-electron chi connectivity index (χ4n) is 0.416. The van der Waals surface area contributed by atoms with Gasteiger partial charge in [0, 0.05) is 6.07 Å². The Hall–Kier alpha value is -1.19. The standard InChI is InChI=1S/C4H5N3O.ClHO4/c5-3-1-2-6-4(8)7-3;2-1(3,4)5/h1-2H,(H3,5,6,7,8);(H,2,3,4,5). The number of aromatic nitrogens is 2. The highest BCUT2D eigenvalue weighted by Gasteiger charge is 1.89.